The van der Waals surface area contributed by atoms with Gasteiger partial charge in [0.1, 0.15) is 11.9 Å². The molecule has 12 heteroatoms. The van der Waals surface area contributed by atoms with Crippen molar-refractivity contribution in [1.29, 1.82) is 0 Å². The van der Waals surface area contributed by atoms with Gasteiger partial charge in [0.2, 0.25) is 21.8 Å². The standard InChI is InChI=1S/C27H35N5O6S/c1-18-7-2-4-10-23(18)39(37,38)32-16-20(17-32)26(34)31-22(27(35)36)15-29-24(33)11-5-3-9-21-13-12-19-8-6-14-28-25(19)30-21/h2,4,7,10,12-13,20,22H,3,5-6,8-9,11,14-17H2,1H3,(H,28,30)(H,29,33)(H,31,34)(H,35,36). The first-order valence-electron chi connectivity index (χ1n) is 13.2. The minimum atomic E-state index is -3.73. The van der Waals surface area contributed by atoms with E-state index in [0.717, 1.165) is 43.7 Å². The van der Waals surface area contributed by atoms with Crippen molar-refractivity contribution in [3.63, 3.8) is 0 Å². The van der Waals surface area contributed by atoms with Crippen LogP contribution in [0.25, 0.3) is 0 Å². The van der Waals surface area contributed by atoms with E-state index in [0.29, 0.717) is 12.0 Å². The predicted octanol–water partition coefficient (Wildman–Crippen LogP) is 1.47. The Labute approximate surface area is 228 Å². The third-order valence-electron chi connectivity index (χ3n) is 7.09. The molecule has 3 heterocycles. The number of aliphatic carboxylic acids is 1. The molecule has 0 aliphatic carbocycles. The zero-order valence-corrected chi connectivity index (χ0v) is 22.8. The van der Waals surface area contributed by atoms with Crippen LogP contribution in [0.1, 0.15) is 42.5 Å². The molecule has 1 unspecified atom stereocenters. The number of rotatable bonds is 12. The molecule has 2 aromatic rings. The molecule has 210 valence electrons. The minimum Gasteiger partial charge on any atom is -0.480 e. The molecule has 0 spiro atoms. The third kappa shape index (κ3) is 7.12. The van der Waals surface area contributed by atoms with Crippen molar-refractivity contribution in [2.24, 2.45) is 5.92 Å². The number of amides is 2. The highest BCUT2D eigenvalue weighted by Crippen LogP contribution is 2.27. The largest absolute Gasteiger partial charge is 0.480 e. The number of carboxylic acid groups (broad SMARTS) is 1. The Morgan fingerprint density at radius 3 is 2.67 bits per heavy atom. The molecule has 0 bridgehead atoms. The highest BCUT2D eigenvalue weighted by Gasteiger charge is 2.41. The summed E-state index contributed by atoms with van der Waals surface area (Å²) in [5, 5.41) is 17.8. The maximum Gasteiger partial charge on any atom is 0.328 e. The van der Waals surface area contributed by atoms with Crippen LogP contribution in [0, 0.1) is 12.8 Å². The lowest BCUT2D eigenvalue weighted by Crippen LogP contribution is -2.58. The normalized spacial score (nSPS) is 16.3. The summed E-state index contributed by atoms with van der Waals surface area (Å²) in [7, 11) is -3.73. The molecule has 11 nitrogen and oxygen atoms in total. The number of carbonyl (C=O) groups excluding carboxylic acids is 2. The first-order valence-corrected chi connectivity index (χ1v) is 14.7. The van der Waals surface area contributed by atoms with Crippen molar-refractivity contribution in [3.05, 3.63) is 53.2 Å². The Kier molecular flexibility index (Phi) is 9.18. The fourth-order valence-electron chi connectivity index (χ4n) is 4.68. The maximum atomic E-state index is 12.8. The van der Waals surface area contributed by atoms with E-state index in [-0.39, 0.29) is 36.9 Å². The van der Waals surface area contributed by atoms with Crippen LogP contribution in [-0.2, 0) is 37.2 Å². The number of carbonyl (C=O) groups is 3. The van der Waals surface area contributed by atoms with Crippen LogP contribution in [0.2, 0.25) is 0 Å². The molecule has 2 aliphatic heterocycles. The highest BCUT2D eigenvalue weighted by molar-refractivity contribution is 7.89. The lowest BCUT2D eigenvalue weighted by Gasteiger charge is -2.37. The first kappa shape index (κ1) is 28.5. The molecule has 39 heavy (non-hydrogen) atoms. The number of pyridine rings is 1. The highest BCUT2D eigenvalue weighted by atomic mass is 32.2. The first-order chi connectivity index (χ1) is 18.6. The number of aromatic nitrogens is 1. The van der Waals surface area contributed by atoms with Crippen molar-refractivity contribution in [2.45, 2.75) is 56.4 Å². The van der Waals surface area contributed by atoms with Gasteiger partial charge in [-0.3, -0.25) is 9.59 Å². The molecule has 4 N–H and O–H groups in total. The van der Waals surface area contributed by atoms with Gasteiger partial charge in [-0.2, -0.15) is 4.31 Å². The Balaban J connectivity index is 1.17. The third-order valence-corrected chi connectivity index (χ3v) is 9.08. The number of unbranched alkanes of at least 4 members (excludes halogenated alkanes) is 1. The van der Waals surface area contributed by atoms with Crippen molar-refractivity contribution >= 4 is 33.6 Å². The summed E-state index contributed by atoms with van der Waals surface area (Å²) in [6, 6.07) is 9.41. The number of carboxylic acids is 1. The summed E-state index contributed by atoms with van der Waals surface area (Å²) in [6.45, 7) is 2.31. The summed E-state index contributed by atoms with van der Waals surface area (Å²) in [6.07, 6.45) is 4.50. The lowest BCUT2D eigenvalue weighted by molar-refractivity contribution is -0.143. The Hall–Kier alpha value is -3.51. The smallest absolute Gasteiger partial charge is 0.328 e. The number of sulfonamides is 1. The Bertz CT molecular complexity index is 1330. The Morgan fingerprint density at radius 1 is 1.15 bits per heavy atom. The number of benzene rings is 1. The van der Waals surface area contributed by atoms with Gasteiger partial charge in [0.25, 0.3) is 0 Å². The fourth-order valence-corrected chi connectivity index (χ4v) is 6.43. The van der Waals surface area contributed by atoms with Gasteiger partial charge in [0.05, 0.1) is 10.8 Å². The molecular weight excluding hydrogens is 522 g/mol. The summed E-state index contributed by atoms with van der Waals surface area (Å²) in [5.74, 6) is -1.84. The van der Waals surface area contributed by atoms with Crippen molar-refractivity contribution in [1.82, 2.24) is 19.9 Å². The molecule has 1 aromatic heterocycles. The van der Waals surface area contributed by atoms with Gasteiger partial charge < -0.3 is 21.1 Å². The van der Waals surface area contributed by atoms with Crippen LogP contribution in [0.5, 0.6) is 0 Å². The van der Waals surface area contributed by atoms with E-state index in [1.165, 1.54) is 15.9 Å². The van der Waals surface area contributed by atoms with Crippen LogP contribution >= 0.6 is 0 Å². The van der Waals surface area contributed by atoms with Crippen LogP contribution in [0.15, 0.2) is 41.3 Å². The van der Waals surface area contributed by atoms with Crippen molar-refractivity contribution in [2.75, 3.05) is 31.5 Å². The molecule has 0 saturated carbocycles. The second-order valence-corrected chi connectivity index (χ2v) is 11.9. The van der Waals surface area contributed by atoms with E-state index in [1.807, 2.05) is 6.07 Å². The zero-order chi connectivity index (χ0) is 28.0. The number of nitrogens with zero attached hydrogens (tertiary/aromatic N) is 2. The fraction of sp³-hybridized carbons (Fsp3) is 0.481. The number of hydrogen-bond acceptors (Lipinski definition) is 7. The topological polar surface area (TPSA) is 158 Å². The van der Waals surface area contributed by atoms with Gasteiger partial charge in [-0.15, -0.1) is 0 Å². The minimum absolute atomic E-state index is 0.0314. The average Bonchev–Trinajstić information content (AvgIpc) is 2.87. The van der Waals surface area contributed by atoms with Gasteiger partial charge in [0, 0.05) is 38.3 Å². The van der Waals surface area contributed by atoms with Gasteiger partial charge in [0.15, 0.2) is 0 Å². The number of anilines is 1. The predicted molar refractivity (Wildman–Crippen MR) is 145 cm³/mol. The van der Waals surface area contributed by atoms with Crippen molar-refractivity contribution < 1.29 is 27.9 Å². The molecule has 1 fully saturated rings. The molecule has 1 aromatic carbocycles. The van der Waals surface area contributed by atoms with E-state index in [2.05, 4.69) is 27.0 Å². The van der Waals surface area contributed by atoms with Gasteiger partial charge in [-0.05, 0) is 62.3 Å². The van der Waals surface area contributed by atoms with E-state index in [1.54, 1.807) is 25.1 Å². The summed E-state index contributed by atoms with van der Waals surface area (Å²) >= 11 is 0. The number of fused-ring (bicyclic) bond motifs is 1. The van der Waals surface area contributed by atoms with Gasteiger partial charge >= 0.3 is 5.97 Å². The van der Waals surface area contributed by atoms with E-state index in [9.17, 15) is 27.9 Å². The van der Waals surface area contributed by atoms with Crippen molar-refractivity contribution in [3.8, 4) is 0 Å². The molecule has 2 amide bonds. The van der Waals surface area contributed by atoms with E-state index in [4.69, 9.17) is 0 Å². The van der Waals surface area contributed by atoms with E-state index >= 15 is 0 Å². The molecule has 4 rings (SSSR count). The second-order valence-electron chi connectivity index (χ2n) is 10.0. The average molecular weight is 558 g/mol. The molecule has 0 radical (unpaired) electrons. The summed E-state index contributed by atoms with van der Waals surface area (Å²) < 4.78 is 26.8. The summed E-state index contributed by atoms with van der Waals surface area (Å²) in [5.41, 5.74) is 2.81. The quantitative estimate of drug-likeness (QED) is 0.286. The summed E-state index contributed by atoms with van der Waals surface area (Å²) in [4.78, 5) is 41.3. The van der Waals surface area contributed by atoms with Crippen LogP contribution in [0.3, 0.4) is 0 Å². The lowest BCUT2D eigenvalue weighted by atomic mass is 10.0. The number of nitrogens with one attached hydrogen (secondary N) is 3. The SMILES string of the molecule is Cc1ccccc1S(=O)(=O)N1CC(C(=O)NC(CNC(=O)CCCCc2ccc3c(n2)NCCC3)C(=O)O)C1. The Morgan fingerprint density at radius 2 is 1.92 bits per heavy atom. The number of aryl methyl sites for hydroxylation is 3. The second kappa shape index (κ2) is 12.6. The maximum absolute atomic E-state index is 12.8. The molecule has 2 aliphatic rings. The number of hydrogen-bond donors (Lipinski definition) is 4. The van der Waals surface area contributed by atoms with Crippen LogP contribution < -0.4 is 16.0 Å². The van der Waals surface area contributed by atoms with Crippen LogP contribution in [0.4, 0.5) is 5.82 Å². The van der Waals surface area contributed by atoms with E-state index < -0.39 is 33.9 Å². The van der Waals surface area contributed by atoms with Gasteiger partial charge in [-0.25, -0.2) is 18.2 Å². The van der Waals surface area contributed by atoms with Crippen LogP contribution in [-0.4, -0.2) is 72.8 Å². The molecule has 1 saturated heterocycles. The van der Waals surface area contributed by atoms with Gasteiger partial charge in [-0.1, -0.05) is 24.3 Å². The molecule has 1 atom stereocenters. The zero-order valence-electron chi connectivity index (χ0n) is 22.0. The molecular formula is C27H35N5O6S. The monoisotopic (exact) mass is 557 g/mol.